The maximum absolute atomic E-state index is 13.2. The summed E-state index contributed by atoms with van der Waals surface area (Å²) in [6.45, 7) is 5.19. The number of aryl methyl sites for hydroxylation is 2. The maximum Gasteiger partial charge on any atom is 0.261 e. The van der Waals surface area contributed by atoms with E-state index in [0.717, 1.165) is 54.8 Å². The van der Waals surface area contributed by atoms with Crippen LogP contribution in [0, 0.1) is 13.8 Å². The zero-order valence-corrected chi connectivity index (χ0v) is 18.8. The van der Waals surface area contributed by atoms with Crippen molar-refractivity contribution in [2.75, 3.05) is 24.1 Å². The summed E-state index contributed by atoms with van der Waals surface area (Å²) in [5, 5.41) is 0. The number of amides is 1. The Bertz CT molecular complexity index is 975. The molecule has 1 aliphatic heterocycles. The molecule has 0 saturated carbocycles. The van der Waals surface area contributed by atoms with Crippen LogP contribution in [0.5, 0.6) is 0 Å². The number of carbonyl (C=O) groups excluding carboxylic acids is 1. The number of anilines is 1. The molecule has 1 amide bonds. The minimum Gasteiger partial charge on any atom is -0.339 e. The van der Waals surface area contributed by atoms with Gasteiger partial charge in [0.2, 0.25) is 0 Å². The lowest BCUT2D eigenvalue weighted by molar-refractivity contribution is 0.0758. The van der Waals surface area contributed by atoms with E-state index in [2.05, 4.69) is 4.72 Å². The summed E-state index contributed by atoms with van der Waals surface area (Å²) in [7, 11) is -3.81. The van der Waals surface area contributed by atoms with Crippen molar-refractivity contribution in [3.05, 3.63) is 53.1 Å². The molecule has 1 heterocycles. The number of benzene rings is 2. The van der Waals surface area contributed by atoms with Crippen molar-refractivity contribution in [3.63, 3.8) is 0 Å². The van der Waals surface area contributed by atoms with Crippen LogP contribution in [0.2, 0.25) is 0 Å². The van der Waals surface area contributed by atoms with E-state index < -0.39 is 10.0 Å². The molecule has 0 spiro atoms. The van der Waals surface area contributed by atoms with Crippen molar-refractivity contribution in [2.45, 2.75) is 49.3 Å². The van der Waals surface area contributed by atoms with Gasteiger partial charge in [-0.25, -0.2) is 8.42 Å². The van der Waals surface area contributed by atoms with Crippen LogP contribution in [0.3, 0.4) is 0 Å². The second-order valence-corrected chi connectivity index (χ2v) is 9.97. The molecule has 1 fully saturated rings. The standard InChI is InChI=1S/C22H28N2O3S2/c1-16-9-8-10-17(2)21(16)23-29(26,27)18-11-12-20(28-3)19(15-18)22(25)24-13-6-4-5-7-14-24/h8-12,15,23H,4-7,13-14H2,1-3H3. The number of thioether (sulfide) groups is 1. The first-order valence-electron chi connectivity index (χ1n) is 9.90. The molecule has 0 unspecified atom stereocenters. The molecule has 0 aromatic heterocycles. The van der Waals surface area contributed by atoms with Crippen LogP contribution in [0.1, 0.15) is 47.2 Å². The van der Waals surface area contributed by atoms with Gasteiger partial charge in [-0.1, -0.05) is 31.0 Å². The van der Waals surface area contributed by atoms with Gasteiger partial charge in [0.15, 0.2) is 0 Å². The Labute approximate surface area is 177 Å². The molecule has 1 N–H and O–H groups in total. The summed E-state index contributed by atoms with van der Waals surface area (Å²) in [6.07, 6.45) is 6.15. The largest absolute Gasteiger partial charge is 0.339 e. The van der Waals surface area contributed by atoms with Gasteiger partial charge >= 0.3 is 0 Å². The Morgan fingerprint density at radius 3 is 2.21 bits per heavy atom. The number of sulfonamides is 1. The third-order valence-corrected chi connectivity index (χ3v) is 7.47. The normalized spacial score (nSPS) is 15.1. The molecule has 156 valence electrons. The minimum atomic E-state index is -3.81. The highest BCUT2D eigenvalue weighted by molar-refractivity contribution is 7.98. The molecule has 29 heavy (non-hydrogen) atoms. The Hall–Kier alpha value is -1.99. The van der Waals surface area contributed by atoms with E-state index in [-0.39, 0.29) is 10.8 Å². The first kappa shape index (κ1) is 21.7. The fraction of sp³-hybridized carbons (Fsp3) is 0.409. The summed E-state index contributed by atoms with van der Waals surface area (Å²) >= 11 is 1.46. The Morgan fingerprint density at radius 1 is 1.00 bits per heavy atom. The van der Waals surface area contributed by atoms with Gasteiger partial charge in [-0.3, -0.25) is 9.52 Å². The van der Waals surface area contributed by atoms with Crippen LogP contribution >= 0.6 is 11.8 Å². The van der Waals surface area contributed by atoms with Crippen LogP contribution in [-0.2, 0) is 10.0 Å². The molecule has 2 aromatic carbocycles. The molecule has 5 nitrogen and oxygen atoms in total. The molecule has 0 aliphatic carbocycles. The van der Waals surface area contributed by atoms with Crippen molar-refractivity contribution in [1.29, 1.82) is 0 Å². The monoisotopic (exact) mass is 432 g/mol. The second kappa shape index (κ2) is 9.22. The molecule has 3 rings (SSSR count). The molecule has 0 bridgehead atoms. The average Bonchev–Trinajstić information content (AvgIpc) is 2.99. The van der Waals surface area contributed by atoms with Crippen molar-refractivity contribution in [1.82, 2.24) is 4.90 Å². The number of para-hydroxylation sites is 1. The summed E-state index contributed by atoms with van der Waals surface area (Å²) in [4.78, 5) is 15.9. The van der Waals surface area contributed by atoms with Gasteiger partial charge in [0.05, 0.1) is 16.1 Å². The number of likely N-dealkylation sites (tertiary alicyclic amines) is 1. The van der Waals surface area contributed by atoms with Crippen LogP contribution in [0.25, 0.3) is 0 Å². The molecular weight excluding hydrogens is 404 g/mol. The molecule has 0 radical (unpaired) electrons. The van der Waals surface area contributed by atoms with E-state index in [1.54, 1.807) is 12.1 Å². The van der Waals surface area contributed by atoms with Gasteiger partial charge < -0.3 is 4.90 Å². The van der Waals surface area contributed by atoms with Crippen LogP contribution in [0.4, 0.5) is 5.69 Å². The lowest BCUT2D eigenvalue weighted by Gasteiger charge is -2.22. The van der Waals surface area contributed by atoms with Crippen LogP contribution in [-0.4, -0.2) is 38.6 Å². The maximum atomic E-state index is 13.2. The van der Waals surface area contributed by atoms with E-state index in [9.17, 15) is 13.2 Å². The predicted molar refractivity (Wildman–Crippen MR) is 119 cm³/mol. The Morgan fingerprint density at radius 2 is 1.62 bits per heavy atom. The van der Waals surface area contributed by atoms with Crippen LogP contribution < -0.4 is 4.72 Å². The van der Waals surface area contributed by atoms with Gasteiger partial charge in [0.1, 0.15) is 0 Å². The molecule has 7 heteroatoms. The highest BCUT2D eigenvalue weighted by Crippen LogP contribution is 2.28. The average molecular weight is 433 g/mol. The molecule has 1 aliphatic rings. The highest BCUT2D eigenvalue weighted by Gasteiger charge is 2.24. The fourth-order valence-electron chi connectivity index (χ4n) is 3.63. The first-order chi connectivity index (χ1) is 13.8. The Kier molecular flexibility index (Phi) is 6.90. The lowest BCUT2D eigenvalue weighted by Crippen LogP contribution is -2.32. The fourth-order valence-corrected chi connectivity index (χ4v) is 5.43. The smallest absolute Gasteiger partial charge is 0.261 e. The Balaban J connectivity index is 1.96. The zero-order chi connectivity index (χ0) is 21.0. The van der Waals surface area contributed by atoms with Crippen LogP contribution in [0.15, 0.2) is 46.2 Å². The van der Waals surface area contributed by atoms with Crippen molar-refractivity contribution in [3.8, 4) is 0 Å². The third kappa shape index (κ3) is 4.95. The topological polar surface area (TPSA) is 66.5 Å². The van der Waals surface area contributed by atoms with E-state index in [0.29, 0.717) is 11.3 Å². The molecular formula is C22H28N2O3S2. The van der Waals surface area contributed by atoms with E-state index in [1.165, 1.54) is 17.8 Å². The number of nitrogens with zero attached hydrogens (tertiary/aromatic N) is 1. The summed E-state index contributed by atoms with van der Waals surface area (Å²) in [6, 6.07) is 10.5. The SMILES string of the molecule is CSc1ccc(S(=O)(=O)Nc2c(C)cccc2C)cc1C(=O)N1CCCCCC1. The quantitative estimate of drug-likeness (QED) is 0.687. The first-order valence-corrected chi connectivity index (χ1v) is 12.6. The number of carbonyl (C=O) groups is 1. The van der Waals surface area contributed by atoms with Gasteiger partial charge in [0.25, 0.3) is 15.9 Å². The van der Waals surface area contributed by atoms with E-state index >= 15 is 0 Å². The predicted octanol–water partition coefficient (Wildman–Crippen LogP) is 4.84. The minimum absolute atomic E-state index is 0.0830. The number of rotatable bonds is 5. The van der Waals surface area contributed by atoms with Gasteiger partial charge in [-0.15, -0.1) is 11.8 Å². The van der Waals surface area contributed by atoms with Gasteiger partial charge in [0, 0.05) is 18.0 Å². The second-order valence-electron chi connectivity index (χ2n) is 7.44. The van der Waals surface area contributed by atoms with Gasteiger partial charge in [-0.2, -0.15) is 0 Å². The highest BCUT2D eigenvalue weighted by atomic mass is 32.2. The number of hydrogen-bond donors (Lipinski definition) is 1. The van der Waals surface area contributed by atoms with Crippen molar-refractivity contribution in [2.24, 2.45) is 0 Å². The van der Waals surface area contributed by atoms with Crippen molar-refractivity contribution < 1.29 is 13.2 Å². The zero-order valence-electron chi connectivity index (χ0n) is 17.2. The lowest BCUT2D eigenvalue weighted by atomic mass is 10.1. The summed E-state index contributed by atoms with van der Waals surface area (Å²) in [5.74, 6) is -0.0830. The third-order valence-electron chi connectivity index (χ3n) is 5.32. The molecule has 2 aromatic rings. The van der Waals surface area contributed by atoms with E-state index in [4.69, 9.17) is 0 Å². The van der Waals surface area contributed by atoms with Crippen molar-refractivity contribution >= 4 is 33.4 Å². The van der Waals surface area contributed by atoms with Gasteiger partial charge in [-0.05, 0) is 62.3 Å². The van der Waals surface area contributed by atoms with E-state index in [1.807, 2.05) is 43.2 Å². The summed E-state index contributed by atoms with van der Waals surface area (Å²) < 4.78 is 28.8. The summed E-state index contributed by atoms with van der Waals surface area (Å²) in [5.41, 5.74) is 2.76. The number of hydrogen-bond acceptors (Lipinski definition) is 4. The molecule has 0 atom stereocenters. The molecule has 1 saturated heterocycles. The number of nitrogens with one attached hydrogen (secondary N) is 1.